The van der Waals surface area contributed by atoms with Gasteiger partial charge in [-0.2, -0.15) is 5.10 Å². The highest BCUT2D eigenvalue weighted by atomic mass is 127. The smallest absolute Gasteiger partial charge is 0.277 e. The number of benzene rings is 2. The Labute approximate surface area is 187 Å². The second-order valence-electron chi connectivity index (χ2n) is 6.72. The van der Waals surface area contributed by atoms with Crippen LogP contribution in [0.3, 0.4) is 0 Å². The number of carbonyl (C=O) groups is 1. The summed E-state index contributed by atoms with van der Waals surface area (Å²) in [5.74, 6) is 1.13. The number of carbonyl (C=O) groups excluding carboxylic acids is 1. The van der Waals surface area contributed by atoms with Crippen LogP contribution in [-0.4, -0.2) is 25.3 Å². The standard InChI is InChI=1S/C23H29IN2O3/c1-2-3-4-5-6-7-16-28-21-12-14-22(15-13-21)29-18-23(27)26-25-17-19-8-10-20(24)11-9-19/h8-15,17H,2-7,16,18H2,1H3,(H,26,27)/b25-17-. The Morgan fingerprint density at radius 2 is 1.55 bits per heavy atom. The van der Waals surface area contributed by atoms with Gasteiger partial charge < -0.3 is 9.47 Å². The zero-order valence-corrected chi connectivity index (χ0v) is 19.1. The predicted molar refractivity (Wildman–Crippen MR) is 126 cm³/mol. The third-order valence-electron chi connectivity index (χ3n) is 4.23. The van der Waals surface area contributed by atoms with Crippen LogP contribution >= 0.6 is 22.6 Å². The van der Waals surface area contributed by atoms with Crippen LogP contribution < -0.4 is 14.9 Å². The van der Waals surface area contributed by atoms with E-state index in [1.54, 1.807) is 18.3 Å². The van der Waals surface area contributed by atoms with Gasteiger partial charge in [0.1, 0.15) is 11.5 Å². The third-order valence-corrected chi connectivity index (χ3v) is 4.95. The second-order valence-corrected chi connectivity index (χ2v) is 7.97. The van der Waals surface area contributed by atoms with Gasteiger partial charge in [-0.05, 0) is 71.0 Å². The fourth-order valence-corrected chi connectivity index (χ4v) is 2.97. The number of halogens is 1. The first-order valence-corrected chi connectivity index (χ1v) is 11.2. The van der Waals surface area contributed by atoms with Crippen molar-refractivity contribution in [3.05, 3.63) is 57.7 Å². The topological polar surface area (TPSA) is 59.9 Å². The van der Waals surface area contributed by atoms with Crippen LogP contribution in [0.1, 0.15) is 51.0 Å². The van der Waals surface area contributed by atoms with E-state index in [0.29, 0.717) is 5.75 Å². The maximum Gasteiger partial charge on any atom is 0.277 e. The molecule has 29 heavy (non-hydrogen) atoms. The Hall–Kier alpha value is -2.09. The van der Waals surface area contributed by atoms with Gasteiger partial charge in [-0.25, -0.2) is 5.43 Å². The zero-order chi connectivity index (χ0) is 20.7. The minimum atomic E-state index is -0.310. The number of ether oxygens (including phenoxy) is 2. The van der Waals surface area contributed by atoms with Gasteiger partial charge in [-0.3, -0.25) is 4.79 Å². The Morgan fingerprint density at radius 3 is 2.24 bits per heavy atom. The van der Waals surface area contributed by atoms with E-state index in [4.69, 9.17) is 9.47 Å². The number of unbranched alkanes of at least 4 members (excludes halogenated alkanes) is 5. The second kappa shape index (κ2) is 14.0. The Kier molecular flexibility index (Phi) is 11.2. The molecule has 0 radical (unpaired) electrons. The quantitative estimate of drug-likeness (QED) is 0.167. The van der Waals surface area contributed by atoms with Crippen molar-refractivity contribution in [3.8, 4) is 11.5 Å². The van der Waals surface area contributed by atoms with Crippen molar-refractivity contribution in [1.29, 1.82) is 0 Å². The van der Waals surface area contributed by atoms with Crippen LogP contribution in [0.15, 0.2) is 53.6 Å². The van der Waals surface area contributed by atoms with Gasteiger partial charge >= 0.3 is 0 Å². The summed E-state index contributed by atoms with van der Waals surface area (Å²) in [6.07, 6.45) is 9.07. The number of rotatable bonds is 13. The predicted octanol–water partition coefficient (Wildman–Crippen LogP) is 5.56. The molecule has 5 nitrogen and oxygen atoms in total. The van der Waals surface area contributed by atoms with Crippen LogP contribution in [0.2, 0.25) is 0 Å². The van der Waals surface area contributed by atoms with Gasteiger partial charge in [0.2, 0.25) is 0 Å². The summed E-state index contributed by atoms with van der Waals surface area (Å²) in [6.45, 7) is 2.86. The lowest BCUT2D eigenvalue weighted by Gasteiger charge is -2.08. The number of nitrogens with zero attached hydrogens (tertiary/aromatic N) is 1. The van der Waals surface area contributed by atoms with Crippen LogP contribution in [0.4, 0.5) is 0 Å². The fraction of sp³-hybridized carbons (Fsp3) is 0.391. The Morgan fingerprint density at radius 1 is 0.931 bits per heavy atom. The van der Waals surface area contributed by atoms with Gasteiger partial charge in [-0.15, -0.1) is 0 Å². The highest BCUT2D eigenvalue weighted by Crippen LogP contribution is 2.18. The largest absolute Gasteiger partial charge is 0.494 e. The van der Waals surface area contributed by atoms with E-state index in [2.05, 4.69) is 40.0 Å². The summed E-state index contributed by atoms with van der Waals surface area (Å²) >= 11 is 2.24. The molecular formula is C23H29IN2O3. The number of hydrogen-bond donors (Lipinski definition) is 1. The average Bonchev–Trinajstić information content (AvgIpc) is 2.74. The molecule has 0 aliphatic carbocycles. The molecule has 156 valence electrons. The molecule has 0 saturated carbocycles. The van der Waals surface area contributed by atoms with Crippen molar-refractivity contribution < 1.29 is 14.3 Å². The van der Waals surface area contributed by atoms with E-state index in [9.17, 15) is 4.79 Å². The molecular weight excluding hydrogens is 479 g/mol. The maximum absolute atomic E-state index is 11.8. The molecule has 0 aliphatic rings. The van der Waals surface area contributed by atoms with E-state index >= 15 is 0 Å². The monoisotopic (exact) mass is 508 g/mol. The van der Waals surface area contributed by atoms with Crippen molar-refractivity contribution >= 4 is 34.7 Å². The number of hydrazone groups is 1. The van der Waals surface area contributed by atoms with Crippen LogP contribution in [0, 0.1) is 3.57 Å². The number of hydrogen-bond acceptors (Lipinski definition) is 4. The summed E-state index contributed by atoms with van der Waals surface area (Å²) < 4.78 is 12.4. The van der Waals surface area contributed by atoms with Crippen LogP contribution in [0.5, 0.6) is 11.5 Å². The van der Waals surface area contributed by atoms with E-state index in [1.807, 2.05) is 36.4 Å². The van der Waals surface area contributed by atoms with Crippen molar-refractivity contribution in [2.24, 2.45) is 5.10 Å². The third kappa shape index (κ3) is 10.3. The summed E-state index contributed by atoms with van der Waals surface area (Å²) in [5, 5.41) is 3.94. The molecule has 0 fully saturated rings. The zero-order valence-electron chi connectivity index (χ0n) is 16.9. The summed E-state index contributed by atoms with van der Waals surface area (Å²) in [4.78, 5) is 11.8. The molecule has 0 atom stereocenters. The summed E-state index contributed by atoms with van der Waals surface area (Å²) in [5.41, 5.74) is 3.38. The van der Waals surface area contributed by atoms with E-state index in [1.165, 1.54) is 32.1 Å². The molecule has 0 unspecified atom stereocenters. The minimum Gasteiger partial charge on any atom is -0.494 e. The normalized spacial score (nSPS) is 10.8. The average molecular weight is 508 g/mol. The molecule has 0 heterocycles. The van der Waals surface area contributed by atoms with Crippen molar-refractivity contribution in [3.63, 3.8) is 0 Å². The molecule has 0 spiro atoms. The molecule has 1 amide bonds. The van der Waals surface area contributed by atoms with Crippen molar-refractivity contribution in [2.45, 2.75) is 45.4 Å². The van der Waals surface area contributed by atoms with Crippen LogP contribution in [0.25, 0.3) is 0 Å². The molecule has 0 aromatic heterocycles. The molecule has 2 aromatic carbocycles. The summed E-state index contributed by atoms with van der Waals surface area (Å²) in [6, 6.07) is 15.2. The lowest BCUT2D eigenvalue weighted by atomic mass is 10.1. The highest BCUT2D eigenvalue weighted by molar-refractivity contribution is 14.1. The molecule has 0 aliphatic heterocycles. The molecule has 6 heteroatoms. The van der Waals surface area contributed by atoms with E-state index in [0.717, 1.165) is 27.9 Å². The number of amides is 1. The molecule has 0 saturated heterocycles. The SMILES string of the molecule is CCCCCCCCOc1ccc(OCC(=O)N/N=C\c2ccc(I)cc2)cc1. The van der Waals surface area contributed by atoms with Crippen LogP contribution in [-0.2, 0) is 4.79 Å². The molecule has 1 N–H and O–H groups in total. The molecule has 0 bridgehead atoms. The Bertz CT molecular complexity index is 746. The first kappa shape index (κ1) is 23.2. The van der Waals surface area contributed by atoms with Gasteiger partial charge in [-0.1, -0.05) is 51.2 Å². The number of nitrogens with one attached hydrogen (secondary N) is 1. The summed E-state index contributed by atoms with van der Waals surface area (Å²) in [7, 11) is 0. The molecule has 2 aromatic rings. The maximum atomic E-state index is 11.8. The lowest BCUT2D eigenvalue weighted by Crippen LogP contribution is -2.24. The van der Waals surface area contributed by atoms with E-state index < -0.39 is 0 Å². The highest BCUT2D eigenvalue weighted by Gasteiger charge is 2.02. The fourth-order valence-electron chi connectivity index (χ4n) is 2.61. The van der Waals surface area contributed by atoms with Crippen molar-refractivity contribution in [2.75, 3.05) is 13.2 Å². The lowest BCUT2D eigenvalue weighted by molar-refractivity contribution is -0.123. The van der Waals surface area contributed by atoms with Gasteiger partial charge in [0.05, 0.1) is 12.8 Å². The minimum absolute atomic E-state index is 0.0952. The van der Waals surface area contributed by atoms with Crippen molar-refractivity contribution in [1.82, 2.24) is 5.43 Å². The van der Waals surface area contributed by atoms with E-state index in [-0.39, 0.29) is 12.5 Å². The van der Waals surface area contributed by atoms with Gasteiger partial charge in [0.15, 0.2) is 6.61 Å². The van der Waals surface area contributed by atoms with Gasteiger partial charge in [0, 0.05) is 3.57 Å². The first-order valence-electron chi connectivity index (χ1n) is 10.1. The Balaban J connectivity index is 1.61. The first-order chi connectivity index (χ1) is 14.2. The molecule has 2 rings (SSSR count). The van der Waals surface area contributed by atoms with Gasteiger partial charge in [0.25, 0.3) is 5.91 Å².